The SMILES string of the molecule is CCCOc1c(Br)cc(C(=O)N2CCC[C@H]([C@@H]3NC(=O)NC3=O)C2)cc1OC. The Balaban J connectivity index is 1.76. The molecule has 1 aromatic carbocycles. The molecule has 0 unspecified atom stereocenters. The van der Waals surface area contributed by atoms with Crippen LogP contribution in [0.5, 0.6) is 11.5 Å². The number of halogens is 1. The average molecular weight is 454 g/mol. The van der Waals surface area contributed by atoms with Gasteiger partial charge in [-0.25, -0.2) is 4.79 Å². The second kappa shape index (κ2) is 8.81. The van der Waals surface area contributed by atoms with E-state index < -0.39 is 12.1 Å². The number of nitrogens with zero attached hydrogens (tertiary/aromatic N) is 1. The first-order valence-corrected chi connectivity index (χ1v) is 10.1. The Bertz CT molecular complexity index is 785. The largest absolute Gasteiger partial charge is 0.493 e. The highest BCUT2D eigenvalue weighted by Gasteiger charge is 2.39. The minimum atomic E-state index is -0.589. The van der Waals surface area contributed by atoms with Crippen LogP contribution in [-0.2, 0) is 4.79 Å². The topological polar surface area (TPSA) is 97.0 Å². The third kappa shape index (κ3) is 4.24. The molecular formula is C19H24BrN3O5. The zero-order valence-electron chi connectivity index (χ0n) is 15.9. The second-order valence-corrected chi connectivity index (χ2v) is 7.79. The lowest BCUT2D eigenvalue weighted by Crippen LogP contribution is -2.48. The lowest BCUT2D eigenvalue weighted by molar-refractivity contribution is -0.121. The van der Waals surface area contributed by atoms with E-state index >= 15 is 0 Å². The number of nitrogens with one attached hydrogen (secondary N) is 2. The Morgan fingerprint density at radius 3 is 2.79 bits per heavy atom. The molecule has 2 atom stereocenters. The Morgan fingerprint density at radius 1 is 1.36 bits per heavy atom. The molecule has 0 aromatic heterocycles. The predicted molar refractivity (Wildman–Crippen MR) is 106 cm³/mol. The van der Waals surface area contributed by atoms with Crippen molar-refractivity contribution in [2.24, 2.45) is 5.92 Å². The summed E-state index contributed by atoms with van der Waals surface area (Å²) in [5, 5.41) is 4.90. The lowest BCUT2D eigenvalue weighted by atomic mass is 9.90. The van der Waals surface area contributed by atoms with Gasteiger partial charge in [0.05, 0.1) is 18.2 Å². The number of rotatable bonds is 6. The van der Waals surface area contributed by atoms with Crippen molar-refractivity contribution < 1.29 is 23.9 Å². The van der Waals surface area contributed by atoms with E-state index in [0.29, 0.717) is 41.2 Å². The predicted octanol–water partition coefficient (Wildman–Crippen LogP) is 2.31. The van der Waals surface area contributed by atoms with Crippen molar-refractivity contribution in [3.63, 3.8) is 0 Å². The molecule has 4 amide bonds. The van der Waals surface area contributed by atoms with Crippen LogP contribution in [0.15, 0.2) is 16.6 Å². The van der Waals surface area contributed by atoms with Crippen LogP contribution in [0.3, 0.4) is 0 Å². The van der Waals surface area contributed by atoms with Crippen LogP contribution in [0.4, 0.5) is 4.79 Å². The van der Waals surface area contributed by atoms with Gasteiger partial charge in [0.2, 0.25) is 0 Å². The van der Waals surface area contributed by atoms with Crippen molar-refractivity contribution in [3.8, 4) is 11.5 Å². The molecule has 2 aliphatic rings. The summed E-state index contributed by atoms with van der Waals surface area (Å²) in [4.78, 5) is 38.1. The van der Waals surface area contributed by atoms with Gasteiger partial charge in [0.25, 0.3) is 11.8 Å². The highest BCUT2D eigenvalue weighted by molar-refractivity contribution is 9.10. The Morgan fingerprint density at radius 2 is 2.14 bits per heavy atom. The fraction of sp³-hybridized carbons (Fsp3) is 0.526. The number of urea groups is 1. The highest BCUT2D eigenvalue weighted by atomic mass is 79.9. The Kier molecular flexibility index (Phi) is 6.43. The normalized spacial score (nSPS) is 21.9. The number of amides is 4. The molecule has 0 bridgehead atoms. The molecule has 2 fully saturated rings. The summed E-state index contributed by atoms with van der Waals surface area (Å²) in [7, 11) is 1.53. The minimum absolute atomic E-state index is 0.110. The lowest BCUT2D eigenvalue weighted by Gasteiger charge is -2.34. The van der Waals surface area contributed by atoms with Crippen molar-refractivity contribution in [2.45, 2.75) is 32.2 Å². The van der Waals surface area contributed by atoms with Crippen LogP contribution in [0.2, 0.25) is 0 Å². The molecular weight excluding hydrogens is 430 g/mol. The van der Waals surface area contributed by atoms with Crippen LogP contribution < -0.4 is 20.1 Å². The summed E-state index contributed by atoms with van der Waals surface area (Å²) < 4.78 is 11.8. The quantitative estimate of drug-likeness (QED) is 0.644. The third-order valence-corrected chi connectivity index (χ3v) is 5.54. The molecule has 28 heavy (non-hydrogen) atoms. The number of ether oxygens (including phenoxy) is 2. The summed E-state index contributed by atoms with van der Waals surface area (Å²) in [5.41, 5.74) is 0.480. The van der Waals surface area contributed by atoms with Gasteiger partial charge in [-0.1, -0.05) is 6.92 Å². The maximum atomic E-state index is 13.1. The summed E-state index contributed by atoms with van der Waals surface area (Å²) in [5.74, 6) is 0.480. The van der Waals surface area contributed by atoms with E-state index in [0.717, 1.165) is 19.3 Å². The third-order valence-electron chi connectivity index (χ3n) is 4.95. The highest BCUT2D eigenvalue weighted by Crippen LogP contribution is 2.37. The van der Waals surface area contributed by atoms with Crippen molar-refractivity contribution in [2.75, 3.05) is 26.8 Å². The van der Waals surface area contributed by atoms with E-state index in [9.17, 15) is 14.4 Å². The van der Waals surface area contributed by atoms with Crippen LogP contribution >= 0.6 is 15.9 Å². The van der Waals surface area contributed by atoms with Gasteiger partial charge in [0.15, 0.2) is 11.5 Å². The Hall–Kier alpha value is -2.29. The molecule has 0 spiro atoms. The zero-order valence-corrected chi connectivity index (χ0v) is 17.5. The molecule has 3 rings (SSSR count). The van der Waals surface area contributed by atoms with E-state index in [2.05, 4.69) is 26.6 Å². The summed E-state index contributed by atoms with van der Waals surface area (Å²) in [6.07, 6.45) is 2.40. The first kappa shape index (κ1) is 20.4. The molecule has 2 aliphatic heterocycles. The van der Waals surface area contributed by atoms with Crippen LogP contribution in [0.1, 0.15) is 36.5 Å². The standard InChI is InChI=1S/C19H24BrN3O5/c1-3-7-28-16-13(20)8-12(9-14(16)27-2)18(25)23-6-4-5-11(10-23)15-17(24)22-19(26)21-15/h8-9,11,15H,3-7,10H2,1-2H3,(H2,21,22,24,26)/t11-,15-/m0/s1. The number of carbonyl (C=O) groups excluding carboxylic acids is 3. The molecule has 2 N–H and O–H groups in total. The van der Waals surface area contributed by atoms with Gasteiger partial charge < -0.3 is 19.7 Å². The van der Waals surface area contributed by atoms with E-state index in [1.165, 1.54) is 7.11 Å². The molecule has 0 aliphatic carbocycles. The van der Waals surface area contributed by atoms with Gasteiger partial charge in [-0.2, -0.15) is 0 Å². The van der Waals surface area contributed by atoms with Gasteiger partial charge in [-0.3, -0.25) is 14.9 Å². The number of hydrogen-bond acceptors (Lipinski definition) is 5. The fourth-order valence-electron chi connectivity index (χ4n) is 3.60. The number of piperidine rings is 1. The van der Waals surface area contributed by atoms with Crippen molar-refractivity contribution in [1.29, 1.82) is 0 Å². The molecule has 152 valence electrons. The smallest absolute Gasteiger partial charge is 0.322 e. The van der Waals surface area contributed by atoms with Crippen LogP contribution in [0, 0.1) is 5.92 Å². The molecule has 0 radical (unpaired) electrons. The number of benzene rings is 1. The molecule has 2 heterocycles. The number of hydrogen-bond donors (Lipinski definition) is 2. The number of likely N-dealkylation sites (tertiary alicyclic amines) is 1. The van der Waals surface area contributed by atoms with Crippen LogP contribution in [0.25, 0.3) is 0 Å². The van der Waals surface area contributed by atoms with Crippen molar-refractivity contribution in [3.05, 3.63) is 22.2 Å². The number of imide groups is 1. The van der Waals surface area contributed by atoms with Gasteiger partial charge in [-0.05, 0) is 47.3 Å². The fourth-order valence-corrected chi connectivity index (χ4v) is 4.16. The summed E-state index contributed by atoms with van der Waals surface area (Å²) in [6, 6.07) is 2.33. The molecule has 9 heteroatoms. The number of methoxy groups -OCH3 is 1. The first-order chi connectivity index (χ1) is 13.4. The Labute approximate surface area is 172 Å². The second-order valence-electron chi connectivity index (χ2n) is 6.93. The van der Waals surface area contributed by atoms with E-state index in [1.807, 2.05) is 6.92 Å². The number of carbonyl (C=O) groups is 3. The van der Waals surface area contributed by atoms with E-state index in [1.54, 1.807) is 17.0 Å². The average Bonchev–Trinajstić information content (AvgIpc) is 3.04. The monoisotopic (exact) mass is 453 g/mol. The summed E-state index contributed by atoms with van der Waals surface area (Å²) in [6.45, 7) is 3.57. The van der Waals surface area contributed by atoms with E-state index in [4.69, 9.17) is 9.47 Å². The van der Waals surface area contributed by atoms with E-state index in [-0.39, 0.29) is 17.7 Å². The van der Waals surface area contributed by atoms with Gasteiger partial charge in [0.1, 0.15) is 6.04 Å². The van der Waals surface area contributed by atoms with Crippen molar-refractivity contribution >= 4 is 33.8 Å². The molecule has 2 saturated heterocycles. The van der Waals surface area contributed by atoms with Gasteiger partial charge in [0, 0.05) is 24.6 Å². The van der Waals surface area contributed by atoms with Crippen LogP contribution in [-0.4, -0.2) is 55.6 Å². The van der Waals surface area contributed by atoms with Gasteiger partial charge in [-0.15, -0.1) is 0 Å². The van der Waals surface area contributed by atoms with Gasteiger partial charge >= 0.3 is 6.03 Å². The first-order valence-electron chi connectivity index (χ1n) is 9.35. The molecule has 0 saturated carbocycles. The maximum Gasteiger partial charge on any atom is 0.322 e. The minimum Gasteiger partial charge on any atom is -0.493 e. The van der Waals surface area contributed by atoms with Crippen molar-refractivity contribution in [1.82, 2.24) is 15.5 Å². The molecule has 8 nitrogen and oxygen atoms in total. The maximum absolute atomic E-state index is 13.1. The summed E-state index contributed by atoms with van der Waals surface area (Å²) >= 11 is 3.47. The molecule has 1 aromatic rings. The zero-order chi connectivity index (χ0) is 20.3.